The molecule has 60 valence electrons. The van der Waals surface area contributed by atoms with E-state index in [0.29, 0.717) is 0 Å². The number of benzene rings is 1. The molecule has 2 rings (SSSR count). The summed E-state index contributed by atoms with van der Waals surface area (Å²) >= 11 is 0. The molecule has 0 bridgehead atoms. The van der Waals surface area contributed by atoms with E-state index in [-0.39, 0.29) is 0 Å². The van der Waals surface area contributed by atoms with Crippen molar-refractivity contribution >= 4 is 6.08 Å². The summed E-state index contributed by atoms with van der Waals surface area (Å²) in [7, 11) is 0. The summed E-state index contributed by atoms with van der Waals surface area (Å²) in [6, 6.07) is 8.00. The van der Waals surface area contributed by atoms with Gasteiger partial charge in [-0.1, -0.05) is 18.2 Å². The third-order valence-corrected chi connectivity index (χ3v) is 1.83. The van der Waals surface area contributed by atoms with Crippen molar-refractivity contribution in [2.75, 3.05) is 0 Å². The molecule has 0 aliphatic carbocycles. The van der Waals surface area contributed by atoms with Crippen LogP contribution in [0, 0.1) is 0 Å². The van der Waals surface area contributed by atoms with E-state index in [0.717, 1.165) is 11.3 Å². The predicted octanol–water partition coefficient (Wildman–Crippen LogP) is 3.00. The Morgan fingerprint density at radius 3 is 2.92 bits per heavy atom. The molecular weight excluding hydrogens is 148 g/mol. The van der Waals surface area contributed by atoms with E-state index in [1.807, 2.05) is 30.3 Å². The van der Waals surface area contributed by atoms with Gasteiger partial charge in [-0.25, -0.2) is 0 Å². The van der Waals surface area contributed by atoms with Crippen LogP contribution < -0.4 is 4.74 Å². The first-order valence-corrected chi connectivity index (χ1v) is 3.97. The summed E-state index contributed by atoms with van der Waals surface area (Å²) < 4.78 is 5.39. The number of ether oxygens (including phenoxy) is 1. The highest BCUT2D eigenvalue weighted by atomic mass is 16.5. The molecule has 1 heteroatoms. The molecule has 0 saturated carbocycles. The minimum atomic E-state index is 0.922. The molecule has 0 amide bonds. The summed E-state index contributed by atoms with van der Waals surface area (Å²) in [5, 5.41) is 0. The maximum atomic E-state index is 5.39. The van der Waals surface area contributed by atoms with E-state index in [2.05, 4.69) is 13.0 Å². The fourth-order valence-electron chi connectivity index (χ4n) is 1.22. The molecular formula is C11H10O. The Balaban J connectivity index is 2.54. The summed E-state index contributed by atoms with van der Waals surface area (Å²) in [5.41, 5.74) is 2.35. The van der Waals surface area contributed by atoms with Crippen LogP contribution in [0.15, 0.2) is 42.2 Å². The van der Waals surface area contributed by atoms with Crippen LogP contribution in [0.4, 0.5) is 0 Å². The van der Waals surface area contributed by atoms with Gasteiger partial charge in [0.1, 0.15) is 5.75 Å². The van der Waals surface area contributed by atoms with E-state index in [4.69, 9.17) is 4.74 Å². The van der Waals surface area contributed by atoms with Gasteiger partial charge >= 0.3 is 0 Å². The highest BCUT2D eigenvalue weighted by Gasteiger charge is 2.01. The van der Waals surface area contributed by atoms with Crippen LogP contribution in [0.3, 0.4) is 0 Å². The van der Waals surface area contributed by atoms with E-state index in [1.54, 1.807) is 6.26 Å². The van der Waals surface area contributed by atoms with Gasteiger partial charge < -0.3 is 4.74 Å². The smallest absolute Gasteiger partial charge is 0.133 e. The second kappa shape index (κ2) is 2.86. The van der Waals surface area contributed by atoms with Crippen LogP contribution in [0.25, 0.3) is 6.08 Å². The molecule has 0 N–H and O–H groups in total. The van der Waals surface area contributed by atoms with Crippen LogP contribution in [0.1, 0.15) is 12.5 Å². The standard InChI is InChI=1S/C11H10O/c1-9-6-7-12-11-5-3-2-4-10(11)8-9/h2-8H,1H3. The van der Waals surface area contributed by atoms with Gasteiger partial charge in [0.15, 0.2) is 0 Å². The van der Waals surface area contributed by atoms with Gasteiger partial charge in [-0.2, -0.15) is 0 Å². The lowest BCUT2D eigenvalue weighted by Crippen LogP contribution is -1.82. The average Bonchev–Trinajstić information content (AvgIpc) is 2.25. The third-order valence-electron chi connectivity index (χ3n) is 1.83. The molecule has 1 aromatic carbocycles. The summed E-state index contributed by atoms with van der Waals surface area (Å²) in [6.07, 6.45) is 5.79. The van der Waals surface area contributed by atoms with Crippen LogP contribution in [0.2, 0.25) is 0 Å². The van der Waals surface area contributed by atoms with Crippen LogP contribution in [-0.4, -0.2) is 0 Å². The molecule has 1 heterocycles. The molecule has 0 radical (unpaired) electrons. The molecule has 1 aliphatic heterocycles. The lowest BCUT2D eigenvalue weighted by molar-refractivity contribution is 0.481. The lowest BCUT2D eigenvalue weighted by atomic mass is 10.1. The van der Waals surface area contributed by atoms with Crippen LogP contribution in [0.5, 0.6) is 5.75 Å². The number of para-hydroxylation sites is 1. The minimum Gasteiger partial charge on any atom is -0.464 e. The average molecular weight is 158 g/mol. The number of hydrogen-bond acceptors (Lipinski definition) is 1. The van der Waals surface area contributed by atoms with Crippen LogP contribution >= 0.6 is 0 Å². The summed E-state index contributed by atoms with van der Waals surface area (Å²) in [6.45, 7) is 2.06. The van der Waals surface area contributed by atoms with Crippen molar-refractivity contribution in [3.63, 3.8) is 0 Å². The van der Waals surface area contributed by atoms with Crippen molar-refractivity contribution in [3.8, 4) is 5.75 Å². The number of allylic oxidation sites excluding steroid dienone is 2. The van der Waals surface area contributed by atoms with Crippen molar-refractivity contribution in [2.24, 2.45) is 0 Å². The summed E-state index contributed by atoms with van der Waals surface area (Å²) in [4.78, 5) is 0. The van der Waals surface area contributed by atoms with Gasteiger partial charge in [-0.05, 0) is 30.7 Å². The molecule has 0 saturated heterocycles. The van der Waals surface area contributed by atoms with E-state index in [9.17, 15) is 0 Å². The Bertz CT molecular complexity index is 348. The zero-order chi connectivity index (χ0) is 8.39. The first kappa shape index (κ1) is 7.17. The van der Waals surface area contributed by atoms with Crippen molar-refractivity contribution < 1.29 is 4.74 Å². The van der Waals surface area contributed by atoms with E-state index < -0.39 is 0 Å². The molecule has 12 heavy (non-hydrogen) atoms. The van der Waals surface area contributed by atoms with E-state index >= 15 is 0 Å². The number of hydrogen-bond donors (Lipinski definition) is 0. The molecule has 0 fully saturated rings. The molecule has 0 spiro atoms. The number of rotatable bonds is 0. The first-order chi connectivity index (χ1) is 5.86. The Morgan fingerprint density at radius 2 is 2.00 bits per heavy atom. The van der Waals surface area contributed by atoms with Crippen molar-refractivity contribution in [3.05, 3.63) is 47.7 Å². The molecule has 0 aromatic heterocycles. The maximum Gasteiger partial charge on any atom is 0.133 e. The fraction of sp³-hybridized carbons (Fsp3) is 0.0909. The van der Waals surface area contributed by atoms with Crippen LogP contribution in [-0.2, 0) is 0 Å². The van der Waals surface area contributed by atoms with Gasteiger partial charge in [0.2, 0.25) is 0 Å². The fourth-order valence-corrected chi connectivity index (χ4v) is 1.22. The Labute approximate surface area is 72.0 Å². The lowest BCUT2D eigenvalue weighted by Gasteiger charge is -2.01. The molecule has 1 nitrogen and oxygen atoms in total. The highest BCUT2D eigenvalue weighted by Crippen LogP contribution is 2.23. The predicted molar refractivity (Wildman–Crippen MR) is 49.9 cm³/mol. The zero-order valence-corrected chi connectivity index (χ0v) is 6.95. The van der Waals surface area contributed by atoms with Crippen molar-refractivity contribution in [2.45, 2.75) is 6.92 Å². The Morgan fingerprint density at radius 1 is 1.17 bits per heavy atom. The third kappa shape index (κ3) is 1.26. The molecule has 0 unspecified atom stereocenters. The summed E-state index contributed by atoms with van der Waals surface area (Å²) in [5.74, 6) is 0.922. The second-order valence-corrected chi connectivity index (χ2v) is 2.85. The van der Waals surface area contributed by atoms with Gasteiger partial charge in [-0.15, -0.1) is 0 Å². The molecule has 0 atom stereocenters. The quantitative estimate of drug-likeness (QED) is 0.564. The number of fused-ring (bicyclic) bond motifs is 1. The van der Waals surface area contributed by atoms with Crippen molar-refractivity contribution in [1.82, 2.24) is 0 Å². The van der Waals surface area contributed by atoms with Gasteiger partial charge in [0.25, 0.3) is 0 Å². The SMILES string of the molecule is CC1=Cc2ccccc2OC=C1. The van der Waals surface area contributed by atoms with Gasteiger partial charge in [0.05, 0.1) is 6.26 Å². The van der Waals surface area contributed by atoms with Gasteiger partial charge in [-0.3, -0.25) is 0 Å². The zero-order valence-electron chi connectivity index (χ0n) is 6.95. The largest absolute Gasteiger partial charge is 0.464 e. The molecule has 1 aromatic rings. The topological polar surface area (TPSA) is 9.23 Å². The Hall–Kier alpha value is -1.50. The monoisotopic (exact) mass is 158 g/mol. The Kier molecular flexibility index (Phi) is 1.71. The molecule has 1 aliphatic rings. The van der Waals surface area contributed by atoms with E-state index in [1.165, 1.54) is 5.57 Å². The first-order valence-electron chi connectivity index (χ1n) is 3.97. The minimum absolute atomic E-state index is 0.922. The second-order valence-electron chi connectivity index (χ2n) is 2.85. The van der Waals surface area contributed by atoms with Gasteiger partial charge in [0, 0.05) is 5.56 Å². The highest BCUT2D eigenvalue weighted by molar-refractivity contribution is 5.62. The normalized spacial score (nSPS) is 14.2. The maximum absolute atomic E-state index is 5.39. The van der Waals surface area contributed by atoms with Crippen molar-refractivity contribution in [1.29, 1.82) is 0 Å².